The maximum atomic E-state index is 13.1. The molecule has 21 heavy (non-hydrogen) atoms. The number of nitrogens with zero attached hydrogens (tertiary/aromatic N) is 1. The van der Waals surface area contributed by atoms with E-state index in [2.05, 4.69) is 13.8 Å². The van der Waals surface area contributed by atoms with Crippen molar-refractivity contribution < 1.29 is 13.6 Å². The summed E-state index contributed by atoms with van der Waals surface area (Å²) in [7, 11) is -3.16. The van der Waals surface area contributed by atoms with E-state index in [9.17, 15) is 4.57 Å². The van der Waals surface area contributed by atoms with E-state index in [0.29, 0.717) is 19.1 Å². The molecule has 4 nitrogen and oxygen atoms in total. The first kappa shape index (κ1) is 17.2. The summed E-state index contributed by atoms with van der Waals surface area (Å²) in [5.74, 6) is 0.238. The smallest absolute Gasteiger partial charge is 0.307 e. The van der Waals surface area contributed by atoms with Crippen molar-refractivity contribution >= 4 is 13.3 Å². The fourth-order valence-electron chi connectivity index (χ4n) is 3.66. The van der Waals surface area contributed by atoms with Crippen LogP contribution in [0.15, 0.2) is 4.99 Å². The minimum absolute atomic E-state index is 0.146. The van der Waals surface area contributed by atoms with Crippen molar-refractivity contribution in [1.29, 1.82) is 0 Å². The van der Waals surface area contributed by atoms with E-state index < -0.39 is 7.60 Å². The van der Waals surface area contributed by atoms with Gasteiger partial charge in [-0.05, 0) is 39.0 Å². The summed E-state index contributed by atoms with van der Waals surface area (Å²) in [5, 5.41) is 0. The van der Waals surface area contributed by atoms with Gasteiger partial charge >= 0.3 is 7.60 Å². The third kappa shape index (κ3) is 3.78. The Morgan fingerprint density at radius 1 is 1.14 bits per heavy atom. The molecule has 1 unspecified atom stereocenters. The van der Waals surface area contributed by atoms with Crippen LogP contribution in [0.3, 0.4) is 0 Å². The molecule has 1 aliphatic carbocycles. The van der Waals surface area contributed by atoms with Crippen LogP contribution in [-0.2, 0) is 13.6 Å². The summed E-state index contributed by atoms with van der Waals surface area (Å²) < 4.78 is 24.2. The molecule has 0 saturated heterocycles. The summed E-state index contributed by atoms with van der Waals surface area (Å²) in [6.45, 7) is 8.80. The Balaban J connectivity index is 2.22. The first-order valence-corrected chi connectivity index (χ1v) is 9.99. The van der Waals surface area contributed by atoms with Crippen LogP contribution in [0, 0.1) is 11.3 Å². The zero-order valence-electron chi connectivity index (χ0n) is 13.9. The number of hydrogen-bond donors (Lipinski definition) is 0. The van der Waals surface area contributed by atoms with Crippen molar-refractivity contribution in [2.24, 2.45) is 16.3 Å². The Morgan fingerprint density at radius 2 is 1.71 bits per heavy atom. The van der Waals surface area contributed by atoms with Crippen LogP contribution in [0.4, 0.5) is 0 Å². The van der Waals surface area contributed by atoms with Crippen LogP contribution in [0.25, 0.3) is 0 Å². The van der Waals surface area contributed by atoms with E-state index in [1.807, 2.05) is 13.8 Å². The van der Waals surface area contributed by atoms with E-state index in [1.54, 1.807) is 0 Å². The zero-order valence-corrected chi connectivity index (χ0v) is 14.8. The molecule has 0 aromatic rings. The molecule has 2 rings (SSSR count). The molecule has 0 radical (unpaired) electrons. The van der Waals surface area contributed by atoms with Crippen molar-refractivity contribution in [3.63, 3.8) is 0 Å². The molecule has 0 bridgehead atoms. The number of hydrogen-bond acceptors (Lipinski definition) is 4. The minimum atomic E-state index is -3.16. The van der Waals surface area contributed by atoms with Gasteiger partial charge in [-0.3, -0.25) is 9.56 Å². The Bertz CT molecular complexity index is 417. The Labute approximate surface area is 129 Å². The molecule has 0 aromatic carbocycles. The number of aliphatic imine (C=N–C) groups is 1. The molecule has 1 saturated carbocycles. The molecule has 0 amide bonds. The van der Waals surface area contributed by atoms with Gasteiger partial charge in [0.15, 0.2) is 5.78 Å². The van der Waals surface area contributed by atoms with Gasteiger partial charge in [-0.1, -0.05) is 33.1 Å². The Morgan fingerprint density at radius 3 is 2.24 bits per heavy atom. The van der Waals surface area contributed by atoms with Gasteiger partial charge in [0.05, 0.1) is 13.2 Å². The second-order valence-corrected chi connectivity index (χ2v) is 8.95. The molecule has 1 fully saturated rings. The van der Waals surface area contributed by atoms with Gasteiger partial charge in [0.25, 0.3) is 0 Å². The molecule has 0 N–H and O–H groups in total. The lowest BCUT2D eigenvalue weighted by Gasteiger charge is -2.31. The highest BCUT2D eigenvalue weighted by atomic mass is 31.2. The fraction of sp³-hybridized carbons (Fsp3) is 0.938. The van der Waals surface area contributed by atoms with Crippen LogP contribution in [0.5, 0.6) is 0 Å². The standard InChI is InChI=1S/C16H30NO3P/c1-5-19-21(18,20-6-2)15-16(3,4)12-14(17-15)13-10-8-7-9-11-13/h13,15H,5-12H2,1-4H3. The highest BCUT2D eigenvalue weighted by Gasteiger charge is 2.50. The summed E-state index contributed by atoms with van der Waals surface area (Å²) in [4.78, 5) is 4.88. The van der Waals surface area contributed by atoms with E-state index in [1.165, 1.54) is 37.8 Å². The third-order valence-electron chi connectivity index (χ3n) is 4.62. The maximum absolute atomic E-state index is 13.1. The van der Waals surface area contributed by atoms with E-state index in [-0.39, 0.29) is 11.2 Å². The SMILES string of the molecule is CCOP(=O)(OCC)C1N=C(C2CCCCC2)CC1(C)C. The Kier molecular flexibility index (Phi) is 5.67. The molecule has 5 heteroatoms. The van der Waals surface area contributed by atoms with Crippen LogP contribution < -0.4 is 0 Å². The predicted octanol–water partition coefficient (Wildman–Crippen LogP) is 5.03. The van der Waals surface area contributed by atoms with Crippen molar-refractivity contribution in [2.45, 2.75) is 72.0 Å². The quantitative estimate of drug-likeness (QED) is 0.646. The lowest BCUT2D eigenvalue weighted by atomic mass is 9.80. The summed E-state index contributed by atoms with van der Waals surface area (Å²) >= 11 is 0. The highest BCUT2D eigenvalue weighted by Crippen LogP contribution is 2.62. The van der Waals surface area contributed by atoms with Gasteiger partial charge in [-0.15, -0.1) is 0 Å². The molecule has 1 atom stereocenters. The largest absolute Gasteiger partial charge is 0.355 e. The van der Waals surface area contributed by atoms with Crippen LogP contribution >= 0.6 is 7.60 Å². The molecular formula is C16H30NO3P. The summed E-state index contributed by atoms with van der Waals surface area (Å²) in [6, 6.07) is 0. The van der Waals surface area contributed by atoms with Gasteiger partial charge in [-0.25, -0.2) is 0 Å². The van der Waals surface area contributed by atoms with Crippen molar-refractivity contribution in [3.05, 3.63) is 0 Å². The van der Waals surface area contributed by atoms with Crippen molar-refractivity contribution in [2.75, 3.05) is 13.2 Å². The first-order valence-electron chi connectivity index (χ1n) is 8.38. The molecule has 0 spiro atoms. The molecule has 1 heterocycles. The second kappa shape index (κ2) is 6.93. The lowest BCUT2D eigenvalue weighted by molar-refractivity contribution is 0.194. The first-order chi connectivity index (χ1) is 9.93. The summed E-state index contributed by atoms with van der Waals surface area (Å²) in [6.07, 6.45) is 7.32. The topological polar surface area (TPSA) is 47.9 Å². The summed E-state index contributed by atoms with van der Waals surface area (Å²) in [5.41, 5.74) is 1.11. The second-order valence-electron chi connectivity index (χ2n) is 6.87. The normalized spacial score (nSPS) is 26.9. The average molecular weight is 315 g/mol. The van der Waals surface area contributed by atoms with E-state index >= 15 is 0 Å². The Hall–Kier alpha value is -0.180. The van der Waals surface area contributed by atoms with Gasteiger partial charge < -0.3 is 9.05 Å². The molecule has 2 aliphatic rings. The predicted molar refractivity (Wildman–Crippen MR) is 87.1 cm³/mol. The van der Waals surface area contributed by atoms with E-state index in [4.69, 9.17) is 14.0 Å². The molecule has 122 valence electrons. The van der Waals surface area contributed by atoms with Crippen LogP contribution in [0.1, 0.15) is 66.2 Å². The average Bonchev–Trinajstić information content (AvgIpc) is 2.77. The van der Waals surface area contributed by atoms with E-state index in [0.717, 1.165) is 6.42 Å². The zero-order chi connectivity index (χ0) is 15.5. The molecular weight excluding hydrogens is 285 g/mol. The van der Waals surface area contributed by atoms with Gasteiger partial charge in [0.2, 0.25) is 0 Å². The minimum Gasteiger partial charge on any atom is -0.307 e. The van der Waals surface area contributed by atoms with Gasteiger partial charge in [0.1, 0.15) is 0 Å². The maximum Gasteiger partial charge on any atom is 0.355 e. The van der Waals surface area contributed by atoms with Crippen molar-refractivity contribution in [1.82, 2.24) is 0 Å². The lowest BCUT2D eigenvalue weighted by Crippen LogP contribution is -2.26. The van der Waals surface area contributed by atoms with Gasteiger partial charge in [-0.2, -0.15) is 0 Å². The van der Waals surface area contributed by atoms with Crippen molar-refractivity contribution in [3.8, 4) is 0 Å². The van der Waals surface area contributed by atoms with Crippen LogP contribution in [0.2, 0.25) is 0 Å². The third-order valence-corrected chi connectivity index (χ3v) is 7.27. The monoisotopic (exact) mass is 315 g/mol. The molecule has 0 aromatic heterocycles. The molecule has 1 aliphatic heterocycles. The number of rotatable bonds is 6. The fourth-order valence-corrected chi connectivity index (χ4v) is 5.97. The van der Waals surface area contributed by atoms with Gasteiger partial charge in [0, 0.05) is 11.1 Å². The highest BCUT2D eigenvalue weighted by molar-refractivity contribution is 7.54. The van der Waals surface area contributed by atoms with Crippen LogP contribution in [-0.4, -0.2) is 24.7 Å².